The summed E-state index contributed by atoms with van der Waals surface area (Å²) in [6.07, 6.45) is -9.17. The van der Waals surface area contributed by atoms with E-state index in [0.717, 1.165) is 25.6 Å². The van der Waals surface area contributed by atoms with Gasteiger partial charge in [0.15, 0.2) is 17.2 Å². The van der Waals surface area contributed by atoms with Gasteiger partial charge in [0.1, 0.15) is 5.75 Å². The summed E-state index contributed by atoms with van der Waals surface area (Å²) >= 11 is 5.45. The summed E-state index contributed by atoms with van der Waals surface area (Å²) in [5.74, 6) is -9.65. The van der Waals surface area contributed by atoms with Gasteiger partial charge in [0.05, 0.1) is 17.7 Å². The average molecular weight is 517 g/mol. The second kappa shape index (κ2) is 8.70. The van der Waals surface area contributed by atoms with E-state index in [1.165, 1.54) is 0 Å². The summed E-state index contributed by atoms with van der Waals surface area (Å²) in [5, 5.41) is -0.808. The van der Waals surface area contributed by atoms with E-state index in [-0.39, 0.29) is 11.9 Å². The van der Waals surface area contributed by atoms with Crippen LogP contribution < -0.4 is 15.0 Å². The van der Waals surface area contributed by atoms with Crippen molar-refractivity contribution in [2.45, 2.75) is 18.3 Å². The zero-order valence-corrected chi connectivity index (χ0v) is 17.1. The Labute approximate surface area is 188 Å². The smallest absolute Gasteiger partial charge is 0.459 e. The van der Waals surface area contributed by atoms with Crippen LogP contribution in [-0.4, -0.2) is 33.2 Å². The number of methoxy groups -OCH3 is 1. The van der Waals surface area contributed by atoms with E-state index in [9.17, 15) is 39.9 Å². The summed E-state index contributed by atoms with van der Waals surface area (Å²) in [6.45, 7) is 0. The van der Waals surface area contributed by atoms with Gasteiger partial charge in [-0.25, -0.2) is 15.0 Å². The number of H-pyrrole nitrogens is 1. The number of aromatic nitrogens is 4. The van der Waals surface area contributed by atoms with Gasteiger partial charge in [0.25, 0.3) is 5.56 Å². The Morgan fingerprint density at radius 1 is 1.00 bits per heavy atom. The minimum Gasteiger partial charge on any atom is -0.479 e. The molecule has 34 heavy (non-hydrogen) atoms. The highest BCUT2D eigenvalue weighted by molar-refractivity contribution is 6.31. The fourth-order valence-corrected chi connectivity index (χ4v) is 2.78. The number of benzene rings is 1. The molecule has 0 fully saturated rings. The summed E-state index contributed by atoms with van der Waals surface area (Å²) in [4.78, 5) is 24.9. The lowest BCUT2D eigenvalue weighted by molar-refractivity contribution is -0.291. The normalized spacial score (nSPS) is 12.5. The Balaban J connectivity index is 2.25. The summed E-state index contributed by atoms with van der Waals surface area (Å²) < 4.78 is 117. The van der Waals surface area contributed by atoms with Gasteiger partial charge < -0.3 is 14.5 Å². The third kappa shape index (κ3) is 4.73. The molecule has 0 aliphatic rings. The van der Waals surface area contributed by atoms with Crippen molar-refractivity contribution in [1.29, 1.82) is 0 Å². The maximum atomic E-state index is 14.3. The molecule has 2 aromatic heterocycles. The maximum Gasteiger partial charge on any atom is 0.459 e. The fraction of sp³-hybridized carbons (Fsp3) is 0.222. The summed E-state index contributed by atoms with van der Waals surface area (Å²) in [6, 6.07) is 1.60. The molecule has 7 nitrogen and oxygen atoms in total. The molecule has 0 amide bonds. The molecule has 3 aromatic rings. The quantitative estimate of drug-likeness (QED) is 0.460. The Bertz CT molecular complexity index is 1280. The molecule has 182 valence electrons. The van der Waals surface area contributed by atoms with Crippen LogP contribution in [0, 0.1) is 0 Å². The van der Waals surface area contributed by atoms with Crippen molar-refractivity contribution in [3.63, 3.8) is 0 Å². The number of ether oxygens (including phenoxy) is 2. The van der Waals surface area contributed by atoms with Crippen LogP contribution in [0.3, 0.4) is 0 Å². The zero-order valence-electron chi connectivity index (χ0n) is 16.4. The molecular formula is C18H9ClF8N4O3. The minimum absolute atomic E-state index is 0.219. The number of nitrogens with zero attached hydrogens (tertiary/aromatic N) is 3. The first-order chi connectivity index (χ1) is 15.7. The predicted molar refractivity (Wildman–Crippen MR) is 98.9 cm³/mol. The van der Waals surface area contributed by atoms with Gasteiger partial charge >= 0.3 is 18.3 Å². The largest absolute Gasteiger partial charge is 0.479 e. The second-order valence-corrected chi connectivity index (χ2v) is 6.73. The standard InChI is InChI=1S/C18H9ClF8N4O3/c1-33-15-10(28-4-5-29-15)13-30-12(16(20,21)18(25,26)27)11(14(32)31-13)34-7-2-3-9(19)8(6-7)17(22,23)24/h2-6H,1H3,(H,30,31,32). The van der Waals surface area contributed by atoms with Gasteiger partial charge in [-0.15, -0.1) is 0 Å². The van der Waals surface area contributed by atoms with E-state index in [4.69, 9.17) is 21.1 Å². The van der Waals surface area contributed by atoms with Crippen molar-refractivity contribution >= 4 is 11.6 Å². The highest BCUT2D eigenvalue weighted by Crippen LogP contribution is 2.47. The second-order valence-electron chi connectivity index (χ2n) is 6.32. The van der Waals surface area contributed by atoms with Crippen LogP contribution in [0.4, 0.5) is 35.1 Å². The molecule has 0 spiro atoms. The Hall–Kier alpha value is -3.49. The molecule has 16 heteroatoms. The van der Waals surface area contributed by atoms with E-state index in [1.54, 1.807) is 0 Å². The molecule has 0 unspecified atom stereocenters. The van der Waals surface area contributed by atoms with Crippen LogP contribution >= 0.6 is 11.6 Å². The van der Waals surface area contributed by atoms with E-state index >= 15 is 0 Å². The molecule has 3 rings (SSSR count). The number of nitrogens with one attached hydrogen (secondary N) is 1. The first kappa shape index (κ1) is 25.1. The number of alkyl halides is 8. The van der Waals surface area contributed by atoms with E-state index in [0.29, 0.717) is 6.07 Å². The molecule has 0 radical (unpaired) electrons. The maximum absolute atomic E-state index is 14.3. The van der Waals surface area contributed by atoms with E-state index < -0.39 is 63.1 Å². The number of halogens is 9. The number of aromatic amines is 1. The molecule has 1 aromatic carbocycles. The van der Waals surface area contributed by atoms with E-state index in [2.05, 4.69) is 15.0 Å². The van der Waals surface area contributed by atoms with Gasteiger partial charge in [-0.3, -0.25) is 4.79 Å². The van der Waals surface area contributed by atoms with Crippen molar-refractivity contribution in [2.75, 3.05) is 7.11 Å². The van der Waals surface area contributed by atoms with Crippen LogP contribution in [-0.2, 0) is 12.1 Å². The molecule has 0 aliphatic heterocycles. The SMILES string of the molecule is COc1nccnc1-c1nc(C(F)(F)C(F)(F)F)c(Oc2ccc(Cl)c(C(F)(F)F)c2)c(=O)[nH]1. The van der Waals surface area contributed by atoms with Gasteiger partial charge in [0, 0.05) is 12.4 Å². The minimum atomic E-state index is -6.26. The zero-order chi connectivity index (χ0) is 25.5. The van der Waals surface area contributed by atoms with Gasteiger partial charge in [0.2, 0.25) is 11.6 Å². The lowest BCUT2D eigenvalue weighted by Gasteiger charge is -2.21. The molecule has 1 N–H and O–H groups in total. The molecule has 0 atom stereocenters. The first-order valence-corrected chi connectivity index (χ1v) is 9.04. The van der Waals surface area contributed by atoms with Crippen LogP contribution in [0.5, 0.6) is 17.4 Å². The molecular weight excluding hydrogens is 508 g/mol. The highest BCUT2D eigenvalue weighted by atomic mass is 35.5. The topological polar surface area (TPSA) is 90.0 Å². The third-order valence-corrected chi connectivity index (χ3v) is 4.41. The molecule has 0 bridgehead atoms. The van der Waals surface area contributed by atoms with Gasteiger partial charge in [-0.05, 0) is 18.2 Å². The molecule has 0 saturated heterocycles. The van der Waals surface area contributed by atoms with E-state index in [1.807, 2.05) is 4.98 Å². The highest BCUT2D eigenvalue weighted by Gasteiger charge is 2.62. The van der Waals surface area contributed by atoms with Crippen LogP contribution in [0.15, 0.2) is 35.4 Å². The van der Waals surface area contributed by atoms with Crippen LogP contribution in [0.25, 0.3) is 11.5 Å². The monoisotopic (exact) mass is 516 g/mol. The summed E-state index contributed by atoms with van der Waals surface area (Å²) in [5.41, 5.74) is -5.89. The Morgan fingerprint density at radius 3 is 2.24 bits per heavy atom. The predicted octanol–water partition coefficient (Wildman–Crippen LogP) is 5.35. The third-order valence-electron chi connectivity index (χ3n) is 4.08. The lowest BCUT2D eigenvalue weighted by atomic mass is 10.2. The number of hydrogen-bond donors (Lipinski definition) is 1. The van der Waals surface area contributed by atoms with Crippen molar-refractivity contribution < 1.29 is 44.6 Å². The van der Waals surface area contributed by atoms with Crippen molar-refractivity contribution in [3.05, 3.63) is 57.2 Å². The Morgan fingerprint density at radius 2 is 1.65 bits per heavy atom. The van der Waals surface area contributed by atoms with Gasteiger partial charge in [-0.1, -0.05) is 11.6 Å². The summed E-state index contributed by atoms with van der Waals surface area (Å²) in [7, 11) is 1.08. The van der Waals surface area contributed by atoms with Crippen LogP contribution in [0.2, 0.25) is 5.02 Å². The van der Waals surface area contributed by atoms with Crippen LogP contribution in [0.1, 0.15) is 11.3 Å². The van der Waals surface area contributed by atoms with Crippen molar-refractivity contribution in [3.8, 4) is 28.9 Å². The molecule has 0 saturated carbocycles. The molecule has 2 heterocycles. The molecule has 0 aliphatic carbocycles. The average Bonchev–Trinajstić information content (AvgIpc) is 2.74. The van der Waals surface area contributed by atoms with Crippen molar-refractivity contribution in [2.24, 2.45) is 0 Å². The van der Waals surface area contributed by atoms with Crippen molar-refractivity contribution in [1.82, 2.24) is 19.9 Å². The number of hydrogen-bond acceptors (Lipinski definition) is 6. The Kier molecular flexibility index (Phi) is 6.43. The lowest BCUT2D eigenvalue weighted by Crippen LogP contribution is -2.36. The fourth-order valence-electron chi connectivity index (χ4n) is 2.56. The number of rotatable bonds is 5. The van der Waals surface area contributed by atoms with Gasteiger partial charge in [-0.2, -0.15) is 35.1 Å². The first-order valence-electron chi connectivity index (χ1n) is 8.66.